The van der Waals surface area contributed by atoms with Crippen LogP contribution in [0.5, 0.6) is 0 Å². The zero-order valence-corrected chi connectivity index (χ0v) is 15.3. The van der Waals surface area contributed by atoms with E-state index in [1.54, 1.807) is 6.92 Å². The van der Waals surface area contributed by atoms with Crippen LogP contribution in [-0.4, -0.2) is 16.7 Å². The summed E-state index contributed by atoms with van der Waals surface area (Å²) < 4.78 is 0. The molecule has 1 atom stereocenters. The largest absolute Gasteiger partial charge is 0.365 e. The Kier molecular flexibility index (Phi) is 4.78. The molecule has 26 heavy (non-hydrogen) atoms. The van der Waals surface area contributed by atoms with Crippen molar-refractivity contribution in [2.75, 3.05) is 5.32 Å². The molecule has 2 amide bonds. The van der Waals surface area contributed by atoms with Gasteiger partial charge >= 0.3 is 0 Å². The van der Waals surface area contributed by atoms with E-state index in [0.29, 0.717) is 22.0 Å². The fraction of sp³-hybridized carbons (Fsp3) is 0.333. The Hall–Kier alpha value is -2.74. The first-order valence-electron chi connectivity index (χ1n) is 8.28. The van der Waals surface area contributed by atoms with Crippen molar-refractivity contribution in [2.24, 2.45) is 11.7 Å². The number of fused-ring (bicyclic) bond motifs is 1. The van der Waals surface area contributed by atoms with Crippen LogP contribution >= 0.6 is 11.3 Å². The molecule has 0 unspecified atom stereocenters. The number of hydrogen-bond donors (Lipinski definition) is 2. The maximum atomic E-state index is 12.6. The normalized spacial score (nSPS) is 16.0. The number of thiophene rings is 1. The first-order valence-corrected chi connectivity index (χ1v) is 9.10. The SMILES string of the molecule is Cc1ccc(C(=O)Nc2sc3c(c2C(N)=O)CC[C@H](C)C3)cc1[N+](=O)[O-]. The highest BCUT2D eigenvalue weighted by atomic mass is 32.1. The van der Waals surface area contributed by atoms with Crippen LogP contribution in [0.4, 0.5) is 10.7 Å². The van der Waals surface area contributed by atoms with Gasteiger partial charge in [0.1, 0.15) is 5.00 Å². The maximum absolute atomic E-state index is 12.6. The lowest BCUT2D eigenvalue weighted by molar-refractivity contribution is -0.385. The van der Waals surface area contributed by atoms with Crippen molar-refractivity contribution >= 4 is 33.8 Å². The molecule has 0 spiro atoms. The molecule has 1 aliphatic carbocycles. The smallest absolute Gasteiger partial charge is 0.273 e. The molecular weight excluding hydrogens is 354 g/mol. The summed E-state index contributed by atoms with van der Waals surface area (Å²) in [7, 11) is 0. The lowest BCUT2D eigenvalue weighted by Crippen LogP contribution is -2.19. The second-order valence-electron chi connectivity index (χ2n) is 6.63. The summed E-state index contributed by atoms with van der Waals surface area (Å²) in [6.07, 6.45) is 2.59. The van der Waals surface area contributed by atoms with Gasteiger partial charge in [-0.25, -0.2) is 0 Å². The molecule has 0 saturated heterocycles. The third-order valence-electron chi connectivity index (χ3n) is 4.65. The van der Waals surface area contributed by atoms with Gasteiger partial charge in [-0.15, -0.1) is 11.3 Å². The number of carbonyl (C=O) groups excluding carboxylic acids is 2. The second kappa shape index (κ2) is 6.87. The van der Waals surface area contributed by atoms with Gasteiger partial charge in [0.05, 0.1) is 10.5 Å². The molecular formula is C18H19N3O4S. The topological polar surface area (TPSA) is 115 Å². The molecule has 1 heterocycles. The Balaban J connectivity index is 1.94. The molecule has 136 valence electrons. The fourth-order valence-corrected chi connectivity index (χ4v) is 4.63. The van der Waals surface area contributed by atoms with E-state index < -0.39 is 16.7 Å². The molecule has 0 bridgehead atoms. The number of nitrogens with one attached hydrogen (secondary N) is 1. The summed E-state index contributed by atoms with van der Waals surface area (Å²) >= 11 is 1.36. The van der Waals surface area contributed by atoms with Crippen molar-refractivity contribution in [2.45, 2.75) is 33.1 Å². The molecule has 8 heteroatoms. The lowest BCUT2D eigenvalue weighted by Gasteiger charge is -2.18. The molecule has 7 nitrogen and oxygen atoms in total. The van der Waals surface area contributed by atoms with Crippen LogP contribution in [0.2, 0.25) is 0 Å². The molecule has 1 aliphatic rings. The maximum Gasteiger partial charge on any atom is 0.273 e. The number of nitrogens with two attached hydrogens (primary N) is 1. The number of nitro benzene ring substituents is 1. The third-order valence-corrected chi connectivity index (χ3v) is 5.82. The molecule has 0 fully saturated rings. The third kappa shape index (κ3) is 3.32. The quantitative estimate of drug-likeness (QED) is 0.631. The molecule has 1 aromatic heterocycles. The van der Waals surface area contributed by atoms with E-state index in [0.717, 1.165) is 29.7 Å². The van der Waals surface area contributed by atoms with Crippen LogP contribution in [0.1, 0.15) is 50.1 Å². The van der Waals surface area contributed by atoms with Gasteiger partial charge in [-0.3, -0.25) is 19.7 Å². The predicted octanol–water partition coefficient (Wildman–Crippen LogP) is 3.44. The van der Waals surface area contributed by atoms with Crippen LogP contribution in [0.3, 0.4) is 0 Å². The highest BCUT2D eigenvalue weighted by Gasteiger charge is 2.27. The second-order valence-corrected chi connectivity index (χ2v) is 7.74. The number of hydrogen-bond acceptors (Lipinski definition) is 5. The van der Waals surface area contributed by atoms with Gasteiger partial charge in [-0.2, -0.15) is 0 Å². The van der Waals surface area contributed by atoms with Crippen molar-refractivity contribution < 1.29 is 14.5 Å². The van der Waals surface area contributed by atoms with Crippen LogP contribution < -0.4 is 11.1 Å². The Morgan fingerprint density at radius 2 is 2.12 bits per heavy atom. The van der Waals surface area contributed by atoms with E-state index in [-0.39, 0.29) is 11.3 Å². The van der Waals surface area contributed by atoms with Gasteiger partial charge < -0.3 is 11.1 Å². The summed E-state index contributed by atoms with van der Waals surface area (Å²) in [6, 6.07) is 4.30. The standard InChI is InChI=1S/C18H19N3O4S/c1-9-3-6-12-14(7-9)26-18(15(12)16(19)22)20-17(23)11-5-4-10(2)13(8-11)21(24)25/h4-5,8-9H,3,6-7H2,1-2H3,(H2,19,22)(H,20,23)/t9-/m0/s1. The van der Waals surface area contributed by atoms with Crippen molar-refractivity contribution in [3.8, 4) is 0 Å². The average Bonchev–Trinajstić information content (AvgIpc) is 2.91. The van der Waals surface area contributed by atoms with Crippen molar-refractivity contribution in [1.82, 2.24) is 0 Å². The molecule has 3 rings (SSSR count). The number of carbonyl (C=O) groups is 2. The number of amides is 2. The highest BCUT2D eigenvalue weighted by molar-refractivity contribution is 7.17. The van der Waals surface area contributed by atoms with Gasteiger partial charge in [0.15, 0.2) is 0 Å². The fourth-order valence-electron chi connectivity index (χ4n) is 3.22. The summed E-state index contributed by atoms with van der Waals surface area (Å²) in [5.74, 6) is -0.547. The minimum Gasteiger partial charge on any atom is -0.365 e. The molecule has 0 saturated carbocycles. The monoisotopic (exact) mass is 373 g/mol. The Bertz CT molecular complexity index is 919. The zero-order valence-electron chi connectivity index (χ0n) is 14.5. The summed E-state index contributed by atoms with van der Waals surface area (Å²) in [6.45, 7) is 3.76. The lowest BCUT2D eigenvalue weighted by atomic mass is 9.88. The van der Waals surface area contributed by atoms with Crippen molar-refractivity contribution in [1.29, 1.82) is 0 Å². The van der Waals surface area contributed by atoms with E-state index >= 15 is 0 Å². The number of benzene rings is 1. The minimum atomic E-state index is -0.567. The molecule has 0 radical (unpaired) electrons. The van der Waals surface area contributed by atoms with E-state index in [9.17, 15) is 19.7 Å². The molecule has 3 N–H and O–H groups in total. The Labute approximate surface area is 154 Å². The van der Waals surface area contributed by atoms with Gasteiger partial charge in [-0.05, 0) is 43.7 Å². The van der Waals surface area contributed by atoms with E-state index in [1.807, 2.05) is 0 Å². The molecule has 2 aromatic rings. The highest BCUT2D eigenvalue weighted by Crippen LogP contribution is 2.39. The number of primary amides is 1. The first kappa shape index (κ1) is 18.1. The van der Waals surface area contributed by atoms with Gasteiger partial charge in [0.25, 0.3) is 17.5 Å². The van der Waals surface area contributed by atoms with Crippen LogP contribution in [-0.2, 0) is 12.8 Å². The number of rotatable bonds is 4. The van der Waals surface area contributed by atoms with E-state index in [2.05, 4.69) is 12.2 Å². The number of anilines is 1. The van der Waals surface area contributed by atoms with E-state index in [1.165, 1.54) is 29.5 Å². The predicted molar refractivity (Wildman–Crippen MR) is 99.8 cm³/mol. The van der Waals surface area contributed by atoms with Crippen LogP contribution in [0.25, 0.3) is 0 Å². The van der Waals surface area contributed by atoms with Crippen molar-refractivity contribution in [3.63, 3.8) is 0 Å². The van der Waals surface area contributed by atoms with Crippen molar-refractivity contribution in [3.05, 3.63) is 55.4 Å². The minimum absolute atomic E-state index is 0.118. The summed E-state index contributed by atoms with van der Waals surface area (Å²) in [5.41, 5.74) is 7.36. The average molecular weight is 373 g/mol. The number of aryl methyl sites for hydroxylation is 1. The molecule has 1 aromatic carbocycles. The molecule has 0 aliphatic heterocycles. The zero-order chi connectivity index (χ0) is 19.0. The van der Waals surface area contributed by atoms with Crippen LogP contribution in [0.15, 0.2) is 18.2 Å². The number of nitro groups is 1. The van der Waals surface area contributed by atoms with Gasteiger partial charge in [0.2, 0.25) is 0 Å². The Morgan fingerprint density at radius 3 is 2.77 bits per heavy atom. The Morgan fingerprint density at radius 1 is 1.38 bits per heavy atom. The van der Waals surface area contributed by atoms with E-state index in [4.69, 9.17) is 5.73 Å². The summed E-state index contributed by atoms with van der Waals surface area (Å²) in [4.78, 5) is 36.1. The number of nitrogens with zero attached hydrogens (tertiary/aromatic N) is 1. The van der Waals surface area contributed by atoms with Crippen LogP contribution in [0, 0.1) is 23.0 Å². The first-order chi connectivity index (χ1) is 12.3. The van der Waals surface area contributed by atoms with Gasteiger partial charge in [-0.1, -0.05) is 13.0 Å². The van der Waals surface area contributed by atoms with Gasteiger partial charge in [0, 0.05) is 22.1 Å². The summed E-state index contributed by atoms with van der Waals surface area (Å²) in [5, 5.41) is 14.2.